The summed E-state index contributed by atoms with van der Waals surface area (Å²) in [6.07, 6.45) is 1.69. The summed E-state index contributed by atoms with van der Waals surface area (Å²) in [7, 11) is -2.12. The molecule has 1 heterocycles. The van der Waals surface area contributed by atoms with E-state index in [1.807, 2.05) is 0 Å². The van der Waals surface area contributed by atoms with Crippen molar-refractivity contribution in [2.75, 3.05) is 0 Å². The Kier molecular flexibility index (Phi) is 3.29. The maximum atomic E-state index is 12.7. The average Bonchev–Trinajstić information content (AvgIpc) is 2.32. The maximum Gasteiger partial charge on any atom is 0.284 e. The third-order valence-electron chi connectivity index (χ3n) is 2.35. The van der Waals surface area contributed by atoms with Crippen molar-refractivity contribution in [3.8, 4) is 0 Å². The molecular formula is C12H11FN2O2S. The van der Waals surface area contributed by atoms with Crippen molar-refractivity contribution >= 4 is 10.0 Å². The van der Waals surface area contributed by atoms with E-state index in [1.165, 1.54) is 12.1 Å². The Morgan fingerprint density at radius 1 is 1.11 bits per heavy atom. The lowest BCUT2D eigenvalue weighted by Crippen LogP contribution is -2.18. The van der Waals surface area contributed by atoms with E-state index in [-0.39, 0.29) is 4.90 Å². The normalized spacial score (nSPS) is 12.7. The van der Waals surface area contributed by atoms with Crippen molar-refractivity contribution in [3.05, 3.63) is 60.0 Å². The van der Waals surface area contributed by atoms with Crippen LogP contribution < -0.4 is 5.49 Å². The van der Waals surface area contributed by atoms with Gasteiger partial charge >= 0.3 is 0 Å². The Hall–Kier alpha value is -1.95. The van der Waals surface area contributed by atoms with Gasteiger partial charge in [-0.15, -0.1) is 4.40 Å². The summed E-state index contributed by atoms with van der Waals surface area (Å²) >= 11 is 0. The molecule has 0 spiro atoms. The van der Waals surface area contributed by atoms with E-state index in [2.05, 4.69) is 4.40 Å². The largest absolute Gasteiger partial charge is 0.335 e. The molecule has 4 nitrogen and oxygen atoms in total. The molecule has 0 aliphatic carbocycles. The monoisotopic (exact) mass is 266 g/mol. The molecule has 2 aromatic rings. The number of halogens is 1. The minimum Gasteiger partial charge on any atom is -0.335 e. The van der Waals surface area contributed by atoms with Crippen LogP contribution in [0.25, 0.3) is 0 Å². The number of sulfonamides is 1. The zero-order chi connectivity index (χ0) is 13.2. The molecule has 1 aromatic heterocycles. The fourth-order valence-electron chi connectivity index (χ4n) is 1.39. The van der Waals surface area contributed by atoms with Gasteiger partial charge in [0.25, 0.3) is 10.0 Å². The summed E-state index contributed by atoms with van der Waals surface area (Å²) in [5.41, 5.74) is 0.307. The van der Waals surface area contributed by atoms with Crippen LogP contribution in [-0.4, -0.2) is 13.0 Å². The van der Waals surface area contributed by atoms with E-state index in [4.69, 9.17) is 0 Å². The number of aromatic nitrogens is 1. The Labute approximate surface area is 104 Å². The van der Waals surface area contributed by atoms with Crippen molar-refractivity contribution in [1.29, 1.82) is 0 Å². The average molecular weight is 266 g/mol. The molecular weight excluding hydrogens is 255 g/mol. The molecule has 0 N–H and O–H groups in total. The highest BCUT2D eigenvalue weighted by atomic mass is 32.2. The molecule has 0 saturated carbocycles. The minimum absolute atomic E-state index is 0.0345. The second-order valence-corrected chi connectivity index (χ2v) is 5.29. The molecule has 0 atom stereocenters. The first kappa shape index (κ1) is 12.5. The minimum atomic E-state index is -3.82. The summed E-state index contributed by atoms with van der Waals surface area (Å²) in [5.74, 6) is -0.487. The van der Waals surface area contributed by atoms with Crippen LogP contribution in [0.1, 0.15) is 0 Å². The van der Waals surface area contributed by atoms with Gasteiger partial charge < -0.3 is 4.57 Å². The van der Waals surface area contributed by atoms with E-state index >= 15 is 0 Å². The van der Waals surface area contributed by atoms with Crippen LogP contribution in [0.5, 0.6) is 0 Å². The van der Waals surface area contributed by atoms with Crippen LogP contribution in [0.2, 0.25) is 0 Å². The van der Waals surface area contributed by atoms with E-state index in [0.717, 1.165) is 12.1 Å². The Morgan fingerprint density at radius 3 is 2.39 bits per heavy atom. The van der Waals surface area contributed by atoms with E-state index in [0.29, 0.717) is 5.49 Å². The SMILES string of the molecule is Cn1ccccc1=NS(=O)(=O)c1ccc(F)cc1. The molecule has 0 aliphatic heterocycles. The predicted octanol–water partition coefficient (Wildman–Crippen LogP) is 1.45. The van der Waals surface area contributed by atoms with E-state index < -0.39 is 15.8 Å². The second-order valence-electron chi connectivity index (χ2n) is 3.69. The van der Waals surface area contributed by atoms with Crippen molar-refractivity contribution in [2.24, 2.45) is 11.4 Å². The quantitative estimate of drug-likeness (QED) is 0.826. The first-order chi connectivity index (χ1) is 8.49. The van der Waals surface area contributed by atoms with Crippen molar-refractivity contribution in [1.82, 2.24) is 4.57 Å². The van der Waals surface area contributed by atoms with Crippen LogP contribution in [0.3, 0.4) is 0 Å². The Bertz CT molecular complexity index is 718. The molecule has 0 saturated heterocycles. The number of rotatable bonds is 2. The topological polar surface area (TPSA) is 51.4 Å². The zero-order valence-corrected chi connectivity index (χ0v) is 10.4. The summed E-state index contributed by atoms with van der Waals surface area (Å²) in [6.45, 7) is 0. The van der Waals surface area contributed by atoms with Crippen LogP contribution in [-0.2, 0) is 17.1 Å². The highest BCUT2D eigenvalue weighted by Gasteiger charge is 2.12. The van der Waals surface area contributed by atoms with Gasteiger partial charge in [-0.2, -0.15) is 8.42 Å². The summed E-state index contributed by atoms with van der Waals surface area (Å²) < 4.78 is 41.9. The van der Waals surface area contributed by atoms with Gasteiger partial charge in [-0.1, -0.05) is 6.07 Å². The number of nitrogens with zero attached hydrogens (tertiary/aromatic N) is 2. The lowest BCUT2D eigenvalue weighted by atomic mass is 10.4. The van der Waals surface area contributed by atoms with Gasteiger partial charge in [0.1, 0.15) is 11.3 Å². The lowest BCUT2D eigenvalue weighted by molar-refractivity contribution is 0.594. The third-order valence-corrected chi connectivity index (χ3v) is 3.65. The summed E-state index contributed by atoms with van der Waals surface area (Å²) in [4.78, 5) is -0.0345. The fourth-order valence-corrected chi connectivity index (χ4v) is 2.41. The molecule has 0 amide bonds. The molecule has 0 radical (unpaired) electrons. The van der Waals surface area contributed by atoms with Crippen LogP contribution >= 0.6 is 0 Å². The lowest BCUT2D eigenvalue weighted by Gasteiger charge is -2.00. The highest BCUT2D eigenvalue weighted by Crippen LogP contribution is 2.11. The first-order valence-corrected chi connectivity index (χ1v) is 6.61. The molecule has 0 bridgehead atoms. The number of pyridine rings is 1. The van der Waals surface area contributed by atoms with Crippen LogP contribution in [0.4, 0.5) is 4.39 Å². The number of aryl methyl sites for hydroxylation is 1. The standard InChI is InChI=1S/C12H11FN2O2S/c1-15-9-3-2-4-12(15)14-18(16,17)11-7-5-10(13)6-8-11/h2-9H,1H3. The van der Waals surface area contributed by atoms with E-state index in [1.54, 1.807) is 36.0 Å². The first-order valence-electron chi connectivity index (χ1n) is 5.17. The van der Waals surface area contributed by atoms with E-state index in [9.17, 15) is 12.8 Å². The molecule has 94 valence electrons. The number of hydrogen-bond donors (Lipinski definition) is 0. The second kappa shape index (κ2) is 4.73. The number of hydrogen-bond acceptors (Lipinski definition) is 2. The van der Waals surface area contributed by atoms with Crippen molar-refractivity contribution in [3.63, 3.8) is 0 Å². The zero-order valence-electron chi connectivity index (χ0n) is 9.62. The predicted molar refractivity (Wildman–Crippen MR) is 64.6 cm³/mol. The van der Waals surface area contributed by atoms with Gasteiger partial charge in [0.05, 0.1) is 4.90 Å². The van der Waals surface area contributed by atoms with Crippen LogP contribution in [0, 0.1) is 5.82 Å². The molecule has 6 heteroatoms. The molecule has 1 aromatic carbocycles. The Morgan fingerprint density at radius 2 is 1.78 bits per heavy atom. The van der Waals surface area contributed by atoms with Crippen molar-refractivity contribution in [2.45, 2.75) is 4.90 Å². The molecule has 18 heavy (non-hydrogen) atoms. The summed E-state index contributed by atoms with van der Waals surface area (Å²) in [6, 6.07) is 9.61. The van der Waals surface area contributed by atoms with Crippen LogP contribution in [0.15, 0.2) is 58.0 Å². The van der Waals surface area contributed by atoms with Gasteiger partial charge in [0.15, 0.2) is 0 Å². The van der Waals surface area contributed by atoms with Gasteiger partial charge in [-0.05, 0) is 36.4 Å². The smallest absolute Gasteiger partial charge is 0.284 e. The van der Waals surface area contributed by atoms with Gasteiger partial charge in [0, 0.05) is 13.2 Å². The van der Waals surface area contributed by atoms with Crippen molar-refractivity contribution < 1.29 is 12.8 Å². The van der Waals surface area contributed by atoms with Gasteiger partial charge in [-0.25, -0.2) is 4.39 Å². The van der Waals surface area contributed by atoms with Gasteiger partial charge in [-0.3, -0.25) is 0 Å². The fraction of sp³-hybridized carbons (Fsp3) is 0.0833. The molecule has 0 fully saturated rings. The highest BCUT2D eigenvalue weighted by molar-refractivity contribution is 7.90. The molecule has 0 unspecified atom stereocenters. The summed E-state index contributed by atoms with van der Waals surface area (Å²) in [5, 5.41) is 0. The third kappa shape index (κ3) is 2.65. The maximum absolute atomic E-state index is 12.7. The molecule has 2 rings (SSSR count). The van der Waals surface area contributed by atoms with Gasteiger partial charge in [0.2, 0.25) is 0 Å². The molecule has 0 aliphatic rings. The number of benzene rings is 1. The Balaban J connectivity index is 2.55.